The van der Waals surface area contributed by atoms with E-state index in [4.69, 9.17) is 9.47 Å². The van der Waals surface area contributed by atoms with E-state index in [0.717, 1.165) is 5.56 Å². The number of benzene rings is 1. The average molecular weight is 393 g/mol. The summed E-state index contributed by atoms with van der Waals surface area (Å²) in [5.74, 6) is -2.81. The van der Waals surface area contributed by atoms with Crippen molar-refractivity contribution >= 4 is 23.7 Å². The summed E-state index contributed by atoms with van der Waals surface area (Å²) in [7, 11) is 2.49. The van der Waals surface area contributed by atoms with Gasteiger partial charge in [0.15, 0.2) is 0 Å². The molecular formula is C20H24FNO4S. The number of methoxy groups -OCH3 is 2. The van der Waals surface area contributed by atoms with Crippen LogP contribution in [0, 0.1) is 5.92 Å². The van der Waals surface area contributed by atoms with Gasteiger partial charge in [-0.15, -0.1) is 11.8 Å². The number of hydrogen-bond donors (Lipinski definition) is 0. The van der Waals surface area contributed by atoms with E-state index in [0.29, 0.717) is 6.42 Å². The highest BCUT2D eigenvalue weighted by Gasteiger charge is 2.50. The highest BCUT2D eigenvalue weighted by Crippen LogP contribution is 2.44. The fourth-order valence-electron chi connectivity index (χ4n) is 3.27. The van der Waals surface area contributed by atoms with E-state index in [2.05, 4.69) is 0 Å². The van der Waals surface area contributed by atoms with Crippen LogP contribution in [0.4, 0.5) is 4.39 Å². The molecule has 1 aliphatic heterocycles. The second-order valence-electron chi connectivity index (χ2n) is 6.07. The van der Waals surface area contributed by atoms with Gasteiger partial charge >= 0.3 is 11.9 Å². The Kier molecular flexibility index (Phi) is 7.07. The smallest absolute Gasteiger partial charge is 0.338 e. The number of thioether (sulfide) groups is 1. The molecule has 0 bridgehead atoms. The van der Waals surface area contributed by atoms with Crippen LogP contribution in [0.25, 0.3) is 0 Å². The number of rotatable bonds is 7. The summed E-state index contributed by atoms with van der Waals surface area (Å²) in [4.78, 5) is 26.3. The molecule has 0 aliphatic carbocycles. The van der Waals surface area contributed by atoms with Crippen molar-refractivity contribution in [3.63, 3.8) is 0 Å². The zero-order valence-electron chi connectivity index (χ0n) is 15.9. The van der Waals surface area contributed by atoms with Gasteiger partial charge in [-0.2, -0.15) is 4.39 Å². The van der Waals surface area contributed by atoms with Crippen molar-refractivity contribution in [1.82, 2.24) is 4.90 Å². The summed E-state index contributed by atoms with van der Waals surface area (Å²) < 4.78 is 24.0. The molecule has 0 spiro atoms. The molecule has 0 radical (unpaired) electrons. The molecular weight excluding hydrogens is 369 g/mol. The molecule has 0 amide bonds. The predicted octanol–water partition coefficient (Wildman–Crippen LogP) is 3.67. The molecule has 0 N–H and O–H groups in total. The molecule has 146 valence electrons. The van der Waals surface area contributed by atoms with E-state index in [1.807, 2.05) is 37.3 Å². The second-order valence-corrected chi connectivity index (χ2v) is 7.20. The quantitative estimate of drug-likeness (QED) is 0.520. The van der Waals surface area contributed by atoms with E-state index in [1.165, 1.54) is 30.9 Å². The summed E-state index contributed by atoms with van der Waals surface area (Å²) >= 11 is 1.24. The Bertz CT molecular complexity index is 744. The molecule has 2 atom stereocenters. The third-order valence-corrected chi connectivity index (χ3v) is 6.21. The van der Waals surface area contributed by atoms with E-state index in [1.54, 1.807) is 18.5 Å². The SMILES string of the molecule is CCC(SC)(C(=O)OC)[C@H]1C=CN(Cc2ccccc2)C(F)=C1C(=O)OC. The minimum atomic E-state index is -1.12. The number of ether oxygens (including phenoxy) is 2. The number of carbonyl (C=O) groups is 2. The van der Waals surface area contributed by atoms with Gasteiger partial charge in [-0.3, -0.25) is 4.79 Å². The van der Waals surface area contributed by atoms with Crippen LogP contribution in [0.3, 0.4) is 0 Å². The first-order chi connectivity index (χ1) is 12.9. The third kappa shape index (κ3) is 4.03. The van der Waals surface area contributed by atoms with Crippen molar-refractivity contribution in [1.29, 1.82) is 0 Å². The van der Waals surface area contributed by atoms with Crippen LogP contribution in [0.1, 0.15) is 18.9 Å². The van der Waals surface area contributed by atoms with Crippen LogP contribution in [-0.2, 0) is 25.6 Å². The first kappa shape index (κ1) is 21.0. The van der Waals surface area contributed by atoms with Crippen LogP contribution in [0.15, 0.2) is 54.1 Å². The van der Waals surface area contributed by atoms with Crippen LogP contribution in [0.5, 0.6) is 0 Å². The molecule has 1 aliphatic rings. The Morgan fingerprint density at radius 3 is 2.41 bits per heavy atom. The Labute approximate surface area is 163 Å². The van der Waals surface area contributed by atoms with Gasteiger partial charge in [0.2, 0.25) is 5.95 Å². The molecule has 5 nitrogen and oxygen atoms in total. The molecule has 1 aromatic carbocycles. The van der Waals surface area contributed by atoms with Crippen LogP contribution >= 0.6 is 11.8 Å². The zero-order valence-corrected chi connectivity index (χ0v) is 16.7. The van der Waals surface area contributed by atoms with E-state index in [9.17, 15) is 9.59 Å². The molecule has 1 unspecified atom stereocenters. The fraction of sp³-hybridized carbons (Fsp3) is 0.400. The summed E-state index contributed by atoms with van der Waals surface area (Å²) in [6.45, 7) is 2.07. The van der Waals surface area contributed by atoms with Gasteiger partial charge in [-0.05, 0) is 18.2 Å². The monoisotopic (exact) mass is 393 g/mol. The van der Waals surface area contributed by atoms with Crippen molar-refractivity contribution in [3.8, 4) is 0 Å². The number of hydrogen-bond acceptors (Lipinski definition) is 6. The van der Waals surface area contributed by atoms with Gasteiger partial charge in [0.05, 0.1) is 19.8 Å². The Balaban J connectivity index is 2.50. The first-order valence-electron chi connectivity index (χ1n) is 8.55. The Morgan fingerprint density at radius 2 is 1.89 bits per heavy atom. The topological polar surface area (TPSA) is 55.8 Å². The maximum absolute atomic E-state index is 15.3. The normalized spacial score (nSPS) is 18.9. The van der Waals surface area contributed by atoms with Crippen molar-refractivity contribution in [2.24, 2.45) is 5.92 Å². The minimum absolute atomic E-state index is 0.169. The lowest BCUT2D eigenvalue weighted by atomic mass is 9.81. The molecule has 2 rings (SSSR count). The lowest BCUT2D eigenvalue weighted by Gasteiger charge is -2.38. The zero-order chi connectivity index (χ0) is 20.0. The Hall–Kier alpha value is -2.28. The average Bonchev–Trinajstić information content (AvgIpc) is 2.71. The van der Waals surface area contributed by atoms with Crippen molar-refractivity contribution in [2.45, 2.75) is 24.6 Å². The van der Waals surface area contributed by atoms with Crippen molar-refractivity contribution < 1.29 is 23.5 Å². The summed E-state index contributed by atoms with van der Waals surface area (Å²) in [6, 6.07) is 9.35. The number of allylic oxidation sites excluding steroid dienone is 1. The van der Waals surface area contributed by atoms with Gasteiger partial charge < -0.3 is 14.4 Å². The van der Waals surface area contributed by atoms with Crippen molar-refractivity contribution in [3.05, 3.63) is 59.7 Å². The van der Waals surface area contributed by atoms with Gasteiger partial charge in [-0.25, -0.2) is 4.79 Å². The van der Waals surface area contributed by atoms with Crippen LogP contribution in [0.2, 0.25) is 0 Å². The third-order valence-electron chi connectivity index (χ3n) is 4.77. The molecule has 0 saturated carbocycles. The van der Waals surface area contributed by atoms with Gasteiger partial charge in [0, 0.05) is 18.7 Å². The molecule has 0 fully saturated rings. The second kappa shape index (κ2) is 9.08. The molecule has 1 heterocycles. The summed E-state index contributed by atoms with van der Waals surface area (Å²) in [6.07, 6.45) is 5.36. The maximum Gasteiger partial charge on any atom is 0.338 e. The molecule has 7 heteroatoms. The van der Waals surface area contributed by atoms with E-state index in [-0.39, 0.29) is 12.1 Å². The largest absolute Gasteiger partial charge is 0.468 e. The van der Waals surface area contributed by atoms with Crippen LogP contribution < -0.4 is 0 Å². The molecule has 0 saturated heterocycles. The molecule has 0 aromatic heterocycles. The molecule has 1 aromatic rings. The first-order valence-corrected chi connectivity index (χ1v) is 9.78. The van der Waals surface area contributed by atoms with Crippen LogP contribution in [-0.4, -0.2) is 42.1 Å². The predicted molar refractivity (Wildman–Crippen MR) is 103 cm³/mol. The van der Waals surface area contributed by atoms with E-state index < -0.39 is 28.6 Å². The number of carbonyl (C=O) groups excluding carboxylic acids is 2. The minimum Gasteiger partial charge on any atom is -0.468 e. The molecule has 27 heavy (non-hydrogen) atoms. The lowest BCUT2D eigenvalue weighted by Crippen LogP contribution is -2.46. The highest BCUT2D eigenvalue weighted by molar-refractivity contribution is 8.00. The highest BCUT2D eigenvalue weighted by atomic mass is 32.2. The Morgan fingerprint density at radius 1 is 1.22 bits per heavy atom. The van der Waals surface area contributed by atoms with E-state index >= 15 is 4.39 Å². The maximum atomic E-state index is 15.3. The van der Waals surface area contributed by atoms with Gasteiger partial charge in [0.1, 0.15) is 4.75 Å². The standard InChI is InChI=1S/C20H24FNO4S/c1-5-20(27-4,19(24)26-3)15-11-12-22(13-14-9-7-6-8-10-14)17(21)16(15)18(23)25-2/h6-12,15H,5,13H2,1-4H3/t15-,20?/m0/s1. The lowest BCUT2D eigenvalue weighted by molar-refractivity contribution is -0.145. The summed E-state index contributed by atoms with van der Waals surface area (Å²) in [5.41, 5.74) is 0.720. The number of halogens is 1. The van der Waals surface area contributed by atoms with Gasteiger partial charge in [0.25, 0.3) is 0 Å². The fourth-order valence-corrected chi connectivity index (χ4v) is 4.25. The van der Waals surface area contributed by atoms with Crippen molar-refractivity contribution in [2.75, 3.05) is 20.5 Å². The number of esters is 2. The van der Waals surface area contributed by atoms with Gasteiger partial charge in [-0.1, -0.05) is 43.3 Å². The summed E-state index contributed by atoms with van der Waals surface area (Å²) in [5, 5.41) is 0. The number of nitrogens with zero attached hydrogens (tertiary/aromatic N) is 1.